The number of hydrogen-bond donors (Lipinski definition) is 1. The first-order valence-corrected chi connectivity index (χ1v) is 12.4. The van der Waals surface area contributed by atoms with Gasteiger partial charge in [0.05, 0.1) is 31.9 Å². The summed E-state index contributed by atoms with van der Waals surface area (Å²) in [7, 11) is 0.532. The third kappa shape index (κ3) is 5.86. The van der Waals surface area contributed by atoms with Crippen LogP contribution in [-0.4, -0.2) is 42.2 Å². The highest BCUT2D eigenvalue weighted by Crippen LogP contribution is 2.39. The number of carbonyl (C=O) groups is 1. The Bertz CT molecular complexity index is 1270. The van der Waals surface area contributed by atoms with E-state index in [0.29, 0.717) is 28.5 Å². The first-order valence-electron chi connectivity index (χ1n) is 10.9. The molecule has 0 fully saturated rings. The van der Waals surface area contributed by atoms with E-state index in [2.05, 4.69) is 5.32 Å². The van der Waals surface area contributed by atoms with Gasteiger partial charge in [0, 0.05) is 12.1 Å². The average molecular weight is 499 g/mol. The van der Waals surface area contributed by atoms with Gasteiger partial charge < -0.3 is 19.5 Å². The van der Waals surface area contributed by atoms with E-state index < -0.39 is 22.5 Å². The molecular formula is C26H30N2O6S. The average Bonchev–Trinajstić information content (AvgIpc) is 2.86. The highest BCUT2D eigenvalue weighted by molar-refractivity contribution is 7.92. The lowest BCUT2D eigenvalue weighted by atomic mass is 10.1. The van der Waals surface area contributed by atoms with E-state index in [1.165, 1.54) is 33.5 Å². The molecule has 0 spiro atoms. The van der Waals surface area contributed by atoms with Crippen LogP contribution in [0.15, 0.2) is 65.6 Å². The molecule has 0 radical (unpaired) electrons. The number of rotatable bonds is 10. The molecule has 3 rings (SSSR count). The van der Waals surface area contributed by atoms with Gasteiger partial charge in [-0.15, -0.1) is 0 Å². The molecule has 1 N–H and O–H groups in total. The summed E-state index contributed by atoms with van der Waals surface area (Å²) >= 11 is 0. The number of carbonyl (C=O) groups excluding carboxylic acids is 1. The molecule has 0 atom stereocenters. The summed E-state index contributed by atoms with van der Waals surface area (Å²) in [5, 5.41) is 2.79. The van der Waals surface area contributed by atoms with Crippen LogP contribution in [0.4, 0.5) is 5.69 Å². The smallest absolute Gasteiger partial charge is 0.264 e. The van der Waals surface area contributed by atoms with E-state index in [9.17, 15) is 13.2 Å². The molecule has 0 aliphatic carbocycles. The fourth-order valence-electron chi connectivity index (χ4n) is 3.55. The van der Waals surface area contributed by atoms with Gasteiger partial charge in [0.2, 0.25) is 11.7 Å². The molecule has 0 saturated heterocycles. The molecule has 9 heteroatoms. The van der Waals surface area contributed by atoms with Crippen LogP contribution in [0.3, 0.4) is 0 Å². The molecular weight excluding hydrogens is 468 g/mol. The van der Waals surface area contributed by atoms with Gasteiger partial charge in [0.25, 0.3) is 10.0 Å². The van der Waals surface area contributed by atoms with Gasteiger partial charge in [-0.05, 0) is 50.2 Å². The number of nitrogens with zero attached hydrogens (tertiary/aromatic N) is 1. The van der Waals surface area contributed by atoms with Crippen LogP contribution in [-0.2, 0) is 21.4 Å². The molecule has 3 aromatic rings. The minimum Gasteiger partial charge on any atom is -0.493 e. The van der Waals surface area contributed by atoms with E-state index in [0.717, 1.165) is 15.4 Å². The Labute approximate surface area is 206 Å². The highest BCUT2D eigenvalue weighted by Gasteiger charge is 2.27. The Hall–Kier alpha value is -3.72. The van der Waals surface area contributed by atoms with Crippen molar-refractivity contribution in [3.05, 3.63) is 77.4 Å². The number of nitrogens with one attached hydrogen (secondary N) is 1. The predicted octanol–water partition coefficient (Wildman–Crippen LogP) is 3.84. The molecule has 0 aromatic heterocycles. The van der Waals surface area contributed by atoms with Crippen molar-refractivity contribution in [1.29, 1.82) is 0 Å². The number of anilines is 1. The van der Waals surface area contributed by atoms with Crippen molar-refractivity contribution >= 4 is 21.6 Å². The summed E-state index contributed by atoms with van der Waals surface area (Å²) in [6, 6.07) is 17.0. The lowest BCUT2D eigenvalue weighted by Crippen LogP contribution is -2.40. The van der Waals surface area contributed by atoms with E-state index in [-0.39, 0.29) is 11.4 Å². The van der Waals surface area contributed by atoms with Crippen molar-refractivity contribution in [2.75, 3.05) is 32.2 Å². The molecule has 0 bridgehead atoms. The molecule has 0 aliphatic heterocycles. The number of amides is 1. The van der Waals surface area contributed by atoms with E-state index in [1.54, 1.807) is 48.5 Å². The van der Waals surface area contributed by atoms with E-state index in [4.69, 9.17) is 14.2 Å². The molecule has 0 saturated carbocycles. The lowest BCUT2D eigenvalue weighted by Gasteiger charge is -2.24. The zero-order valence-electron chi connectivity index (χ0n) is 20.5. The Balaban J connectivity index is 1.86. The number of sulfonamides is 1. The van der Waals surface area contributed by atoms with Crippen LogP contribution in [0.25, 0.3) is 0 Å². The molecule has 0 aliphatic rings. The van der Waals surface area contributed by atoms with Crippen molar-refractivity contribution in [1.82, 2.24) is 5.32 Å². The topological polar surface area (TPSA) is 94.2 Å². The summed E-state index contributed by atoms with van der Waals surface area (Å²) in [5.41, 5.74) is 2.97. The van der Waals surface area contributed by atoms with E-state index >= 15 is 0 Å². The summed E-state index contributed by atoms with van der Waals surface area (Å²) < 4.78 is 44.2. The molecule has 3 aromatic carbocycles. The first kappa shape index (κ1) is 25.9. The molecule has 1 amide bonds. The quantitative estimate of drug-likeness (QED) is 0.457. The first-order chi connectivity index (χ1) is 16.7. The Kier molecular flexibility index (Phi) is 8.24. The summed E-state index contributed by atoms with van der Waals surface area (Å²) in [6.07, 6.45) is 0. The largest absolute Gasteiger partial charge is 0.493 e. The summed E-state index contributed by atoms with van der Waals surface area (Å²) in [4.78, 5) is 13.1. The fraction of sp³-hybridized carbons (Fsp3) is 0.269. The minimum atomic E-state index is -3.98. The Morgan fingerprint density at radius 2 is 1.37 bits per heavy atom. The maximum absolute atomic E-state index is 13.5. The third-order valence-electron chi connectivity index (χ3n) is 5.48. The van der Waals surface area contributed by atoms with Crippen LogP contribution in [0, 0.1) is 13.8 Å². The maximum atomic E-state index is 13.5. The van der Waals surface area contributed by atoms with Gasteiger partial charge in [0.15, 0.2) is 11.5 Å². The number of benzene rings is 3. The Morgan fingerprint density at radius 1 is 0.800 bits per heavy atom. The normalized spacial score (nSPS) is 11.0. The number of hydrogen-bond acceptors (Lipinski definition) is 6. The number of methoxy groups -OCH3 is 3. The Morgan fingerprint density at radius 3 is 1.91 bits per heavy atom. The SMILES string of the molecule is COc1ccc(CNC(=O)CN(c2ccc(C)cc2)S(=O)(=O)c2ccc(C)cc2)c(OC)c1OC. The van der Waals surface area contributed by atoms with Crippen LogP contribution >= 0.6 is 0 Å². The minimum absolute atomic E-state index is 0.106. The predicted molar refractivity (Wildman–Crippen MR) is 135 cm³/mol. The highest BCUT2D eigenvalue weighted by atomic mass is 32.2. The zero-order valence-corrected chi connectivity index (χ0v) is 21.3. The van der Waals surface area contributed by atoms with Crippen molar-refractivity contribution in [2.24, 2.45) is 0 Å². The van der Waals surface area contributed by atoms with E-state index in [1.807, 2.05) is 13.8 Å². The number of ether oxygens (including phenoxy) is 3. The molecule has 0 heterocycles. The molecule has 8 nitrogen and oxygen atoms in total. The van der Waals surface area contributed by atoms with Gasteiger partial charge in [0.1, 0.15) is 6.54 Å². The van der Waals surface area contributed by atoms with Crippen molar-refractivity contribution in [3.8, 4) is 17.2 Å². The molecule has 35 heavy (non-hydrogen) atoms. The van der Waals surface area contributed by atoms with Crippen LogP contribution in [0.2, 0.25) is 0 Å². The third-order valence-corrected chi connectivity index (χ3v) is 7.27. The zero-order chi connectivity index (χ0) is 25.6. The second kappa shape index (κ2) is 11.1. The monoisotopic (exact) mass is 498 g/mol. The van der Waals surface area contributed by atoms with Gasteiger partial charge in [-0.1, -0.05) is 35.4 Å². The number of aryl methyl sites for hydroxylation is 2. The molecule has 0 unspecified atom stereocenters. The van der Waals surface area contributed by atoms with Crippen molar-refractivity contribution in [2.45, 2.75) is 25.3 Å². The second-order valence-electron chi connectivity index (χ2n) is 7.93. The fourth-order valence-corrected chi connectivity index (χ4v) is 4.97. The summed E-state index contributed by atoms with van der Waals surface area (Å²) in [6.45, 7) is 3.50. The summed E-state index contributed by atoms with van der Waals surface area (Å²) in [5.74, 6) is 0.854. The standard InChI is InChI=1S/C26H30N2O6S/c1-18-6-11-21(12-7-18)28(35(30,31)22-13-8-19(2)9-14-22)17-24(29)27-16-20-10-15-23(32-3)26(34-5)25(20)33-4/h6-15H,16-17H2,1-5H3,(H,27,29). The van der Waals surface area contributed by atoms with Gasteiger partial charge in [-0.2, -0.15) is 0 Å². The van der Waals surface area contributed by atoms with Gasteiger partial charge in [-0.3, -0.25) is 9.10 Å². The van der Waals surface area contributed by atoms with Gasteiger partial charge in [-0.25, -0.2) is 8.42 Å². The van der Waals surface area contributed by atoms with Crippen LogP contribution < -0.4 is 23.8 Å². The van der Waals surface area contributed by atoms with Crippen molar-refractivity contribution < 1.29 is 27.4 Å². The maximum Gasteiger partial charge on any atom is 0.264 e. The van der Waals surface area contributed by atoms with Crippen molar-refractivity contribution in [3.63, 3.8) is 0 Å². The second-order valence-corrected chi connectivity index (χ2v) is 9.79. The van der Waals surface area contributed by atoms with Gasteiger partial charge >= 0.3 is 0 Å². The van der Waals surface area contributed by atoms with Crippen LogP contribution in [0.5, 0.6) is 17.2 Å². The molecule has 186 valence electrons. The van der Waals surface area contributed by atoms with Crippen LogP contribution in [0.1, 0.15) is 16.7 Å². The lowest BCUT2D eigenvalue weighted by molar-refractivity contribution is -0.119.